The molecule has 168 valence electrons. The second kappa shape index (κ2) is 9.20. The molecule has 0 saturated carbocycles. The zero-order chi connectivity index (χ0) is 23.7. The number of amides is 1. The number of aliphatic hydroxyl groups excluding tert-OH is 1. The summed E-state index contributed by atoms with van der Waals surface area (Å²) in [7, 11) is 0. The van der Waals surface area contributed by atoms with Gasteiger partial charge in [-0.2, -0.15) is 0 Å². The summed E-state index contributed by atoms with van der Waals surface area (Å²) in [4.78, 5) is 27.6. The summed E-state index contributed by atoms with van der Waals surface area (Å²) < 4.78 is 13.6. The molecule has 33 heavy (non-hydrogen) atoms. The molecule has 1 N–H and O–H groups in total. The van der Waals surface area contributed by atoms with E-state index in [1.807, 2.05) is 38.1 Å². The number of halogens is 2. The number of carbonyl (C=O) groups is 2. The van der Waals surface area contributed by atoms with Gasteiger partial charge in [-0.25, -0.2) is 4.39 Å². The number of carbonyl (C=O) groups excluding carboxylic acids is 2. The molecule has 4 nitrogen and oxygen atoms in total. The Morgan fingerprint density at radius 1 is 1.00 bits per heavy atom. The second-order valence-corrected chi connectivity index (χ2v) is 8.68. The van der Waals surface area contributed by atoms with Crippen LogP contribution in [0.15, 0.2) is 72.3 Å². The normalized spacial score (nSPS) is 17.6. The zero-order valence-corrected chi connectivity index (χ0v) is 19.1. The molecule has 0 bridgehead atoms. The van der Waals surface area contributed by atoms with Crippen LogP contribution in [0.3, 0.4) is 0 Å². The highest BCUT2D eigenvalue weighted by Crippen LogP contribution is 2.40. The largest absolute Gasteiger partial charge is 0.507 e. The number of aliphatic hydroxyl groups is 1. The Bertz CT molecular complexity index is 1250. The number of rotatable bonds is 5. The number of aryl methyl sites for hydroxylation is 2. The van der Waals surface area contributed by atoms with Crippen LogP contribution in [0.1, 0.15) is 33.9 Å². The van der Waals surface area contributed by atoms with Gasteiger partial charge in [0.05, 0.1) is 11.6 Å². The smallest absolute Gasteiger partial charge is 0.295 e. The number of hydrogen-bond donors (Lipinski definition) is 1. The van der Waals surface area contributed by atoms with Crippen LogP contribution in [0.2, 0.25) is 5.02 Å². The zero-order valence-electron chi connectivity index (χ0n) is 18.3. The molecule has 0 aliphatic carbocycles. The van der Waals surface area contributed by atoms with Crippen molar-refractivity contribution in [1.82, 2.24) is 4.90 Å². The van der Waals surface area contributed by atoms with Crippen molar-refractivity contribution in [3.8, 4) is 0 Å². The lowest BCUT2D eigenvalue weighted by Gasteiger charge is -2.25. The molecule has 1 unspecified atom stereocenters. The van der Waals surface area contributed by atoms with E-state index in [4.69, 9.17) is 11.6 Å². The number of likely N-dealkylation sites (tertiary alicyclic amines) is 1. The van der Waals surface area contributed by atoms with Gasteiger partial charge >= 0.3 is 0 Å². The number of benzene rings is 3. The van der Waals surface area contributed by atoms with Gasteiger partial charge < -0.3 is 10.0 Å². The van der Waals surface area contributed by atoms with E-state index >= 15 is 0 Å². The van der Waals surface area contributed by atoms with E-state index in [0.29, 0.717) is 22.6 Å². The van der Waals surface area contributed by atoms with Crippen LogP contribution in [0, 0.1) is 19.7 Å². The second-order valence-electron chi connectivity index (χ2n) is 8.24. The van der Waals surface area contributed by atoms with Crippen molar-refractivity contribution < 1.29 is 19.1 Å². The predicted molar refractivity (Wildman–Crippen MR) is 126 cm³/mol. The van der Waals surface area contributed by atoms with E-state index < -0.39 is 23.5 Å². The Kier molecular flexibility index (Phi) is 6.34. The Morgan fingerprint density at radius 2 is 1.67 bits per heavy atom. The molecule has 1 aliphatic rings. The summed E-state index contributed by atoms with van der Waals surface area (Å²) in [5.41, 5.74) is 3.71. The summed E-state index contributed by atoms with van der Waals surface area (Å²) in [6.45, 7) is 3.97. The van der Waals surface area contributed by atoms with Crippen LogP contribution in [0.5, 0.6) is 0 Å². The van der Waals surface area contributed by atoms with E-state index in [9.17, 15) is 19.1 Å². The maximum Gasteiger partial charge on any atom is 0.295 e. The van der Waals surface area contributed by atoms with Crippen LogP contribution < -0.4 is 0 Å². The fourth-order valence-corrected chi connectivity index (χ4v) is 4.26. The third-order valence-corrected chi connectivity index (χ3v) is 6.18. The van der Waals surface area contributed by atoms with Crippen molar-refractivity contribution >= 4 is 29.1 Å². The first-order valence-electron chi connectivity index (χ1n) is 10.6. The molecule has 1 saturated heterocycles. The molecule has 3 aromatic rings. The van der Waals surface area contributed by atoms with E-state index in [-0.39, 0.29) is 17.9 Å². The van der Waals surface area contributed by atoms with Crippen molar-refractivity contribution in [1.29, 1.82) is 0 Å². The van der Waals surface area contributed by atoms with Gasteiger partial charge in [0, 0.05) is 17.1 Å². The maximum atomic E-state index is 13.6. The summed E-state index contributed by atoms with van der Waals surface area (Å²) >= 11 is 5.96. The molecule has 1 atom stereocenters. The highest BCUT2D eigenvalue weighted by Gasteiger charge is 2.45. The topological polar surface area (TPSA) is 57.6 Å². The third kappa shape index (κ3) is 4.55. The molecule has 1 heterocycles. The van der Waals surface area contributed by atoms with Crippen LogP contribution >= 0.6 is 11.6 Å². The van der Waals surface area contributed by atoms with E-state index in [1.165, 1.54) is 29.2 Å². The average Bonchev–Trinajstić information content (AvgIpc) is 3.05. The van der Waals surface area contributed by atoms with Gasteiger partial charge in [0.2, 0.25) is 0 Å². The van der Waals surface area contributed by atoms with Crippen molar-refractivity contribution in [3.63, 3.8) is 0 Å². The van der Waals surface area contributed by atoms with Crippen molar-refractivity contribution in [2.45, 2.75) is 26.3 Å². The lowest BCUT2D eigenvalue weighted by molar-refractivity contribution is -0.139. The molecule has 6 heteroatoms. The Morgan fingerprint density at radius 3 is 2.33 bits per heavy atom. The van der Waals surface area contributed by atoms with Gasteiger partial charge in [-0.05, 0) is 67.3 Å². The summed E-state index contributed by atoms with van der Waals surface area (Å²) in [5, 5.41) is 11.8. The van der Waals surface area contributed by atoms with Gasteiger partial charge in [-0.15, -0.1) is 0 Å². The van der Waals surface area contributed by atoms with E-state index in [2.05, 4.69) is 0 Å². The standard InChI is InChI=1S/C27H23ClFNO3/c1-16-3-4-17(2)22(15-16)25(31)23-24(19-7-11-21(29)12-8-19)30(27(33)26(23)32)14-13-18-5-9-20(28)10-6-18/h3-12,15,24,31H,13-14H2,1-2H3/b25-23+. The monoisotopic (exact) mass is 463 g/mol. The molecular formula is C27H23ClFNO3. The molecule has 1 amide bonds. The maximum absolute atomic E-state index is 13.6. The number of Topliss-reactive ketones (excluding diaryl/α,β-unsaturated/α-hetero) is 1. The third-order valence-electron chi connectivity index (χ3n) is 5.93. The molecule has 0 aromatic heterocycles. The Balaban J connectivity index is 1.80. The molecule has 1 aliphatic heterocycles. The summed E-state index contributed by atoms with van der Waals surface area (Å²) in [6.07, 6.45) is 0.491. The van der Waals surface area contributed by atoms with Crippen molar-refractivity contribution in [3.05, 3.63) is 111 Å². The van der Waals surface area contributed by atoms with Crippen LogP contribution in [0.4, 0.5) is 4.39 Å². The predicted octanol–water partition coefficient (Wildman–Crippen LogP) is 5.76. The van der Waals surface area contributed by atoms with Crippen molar-refractivity contribution in [2.75, 3.05) is 6.54 Å². The number of nitrogens with zero attached hydrogens (tertiary/aromatic N) is 1. The lowest BCUT2D eigenvalue weighted by Crippen LogP contribution is -2.31. The highest BCUT2D eigenvalue weighted by molar-refractivity contribution is 6.46. The molecular weight excluding hydrogens is 441 g/mol. The SMILES string of the molecule is Cc1ccc(C)c(/C(O)=C2\C(=O)C(=O)N(CCc3ccc(Cl)cc3)C2c2ccc(F)cc2)c1. The van der Waals surface area contributed by atoms with Gasteiger partial charge in [-0.1, -0.05) is 53.6 Å². The fraction of sp³-hybridized carbons (Fsp3) is 0.185. The van der Waals surface area contributed by atoms with Crippen LogP contribution in [-0.4, -0.2) is 28.2 Å². The fourth-order valence-electron chi connectivity index (χ4n) is 4.14. The van der Waals surface area contributed by atoms with Crippen LogP contribution in [0.25, 0.3) is 5.76 Å². The molecule has 0 spiro atoms. The Labute approximate surface area is 196 Å². The lowest BCUT2D eigenvalue weighted by atomic mass is 9.93. The minimum atomic E-state index is -0.821. The molecule has 1 fully saturated rings. The van der Waals surface area contributed by atoms with Gasteiger partial charge in [0.15, 0.2) is 0 Å². The van der Waals surface area contributed by atoms with Gasteiger partial charge in [0.25, 0.3) is 11.7 Å². The number of hydrogen-bond acceptors (Lipinski definition) is 3. The minimum Gasteiger partial charge on any atom is -0.507 e. The first-order valence-corrected chi connectivity index (χ1v) is 11.0. The van der Waals surface area contributed by atoms with E-state index in [1.54, 1.807) is 18.2 Å². The average molecular weight is 464 g/mol. The minimum absolute atomic E-state index is 0.0106. The molecule has 3 aromatic carbocycles. The van der Waals surface area contributed by atoms with E-state index in [0.717, 1.165) is 16.7 Å². The quantitative estimate of drug-likeness (QED) is 0.297. The first kappa shape index (κ1) is 22.7. The number of ketones is 1. The van der Waals surface area contributed by atoms with Crippen LogP contribution in [-0.2, 0) is 16.0 Å². The highest BCUT2D eigenvalue weighted by atomic mass is 35.5. The Hall–Kier alpha value is -3.44. The van der Waals surface area contributed by atoms with Gasteiger partial charge in [0.1, 0.15) is 11.6 Å². The first-order chi connectivity index (χ1) is 15.8. The van der Waals surface area contributed by atoms with Gasteiger partial charge in [-0.3, -0.25) is 9.59 Å². The van der Waals surface area contributed by atoms with Crippen molar-refractivity contribution in [2.24, 2.45) is 0 Å². The molecule has 0 radical (unpaired) electrons. The molecule has 4 rings (SSSR count). The summed E-state index contributed by atoms with van der Waals surface area (Å²) in [6, 6.07) is 17.6. The summed E-state index contributed by atoms with van der Waals surface area (Å²) in [5.74, 6) is -2.09.